The Kier molecular flexibility index (Phi) is 3.19. The summed E-state index contributed by atoms with van der Waals surface area (Å²) in [6.07, 6.45) is 0. The zero-order valence-electron chi connectivity index (χ0n) is 6.83. The SMILES string of the molecule is OCc1ccc(Cl)c2nc(SCl)sc12. The van der Waals surface area contributed by atoms with E-state index in [1.54, 1.807) is 12.1 Å². The van der Waals surface area contributed by atoms with Crippen LogP contribution in [0, 0.1) is 0 Å². The number of halogens is 2. The first-order valence-corrected chi connectivity index (χ1v) is 6.57. The average molecular weight is 266 g/mol. The number of benzene rings is 1. The van der Waals surface area contributed by atoms with E-state index < -0.39 is 0 Å². The minimum atomic E-state index is -0.0117. The Morgan fingerprint density at radius 1 is 1.50 bits per heavy atom. The molecule has 1 aromatic carbocycles. The van der Waals surface area contributed by atoms with Crippen LogP contribution in [-0.2, 0) is 6.61 Å². The molecule has 2 rings (SSSR count). The quantitative estimate of drug-likeness (QED) is 0.899. The van der Waals surface area contributed by atoms with Crippen LogP contribution in [0.3, 0.4) is 0 Å². The molecule has 2 aromatic rings. The van der Waals surface area contributed by atoms with Gasteiger partial charge in [-0.3, -0.25) is 0 Å². The first kappa shape index (κ1) is 10.5. The fourth-order valence-electron chi connectivity index (χ4n) is 1.17. The lowest BCUT2D eigenvalue weighted by molar-refractivity contribution is 0.283. The summed E-state index contributed by atoms with van der Waals surface area (Å²) in [6, 6.07) is 3.53. The number of aliphatic hydroxyl groups excluding tert-OH is 1. The van der Waals surface area contributed by atoms with Gasteiger partial charge >= 0.3 is 0 Å². The van der Waals surface area contributed by atoms with Gasteiger partial charge in [0.25, 0.3) is 0 Å². The molecule has 0 atom stereocenters. The van der Waals surface area contributed by atoms with Crippen LogP contribution in [0.4, 0.5) is 0 Å². The van der Waals surface area contributed by atoms with Crippen molar-refractivity contribution in [1.29, 1.82) is 0 Å². The molecule has 74 valence electrons. The summed E-state index contributed by atoms with van der Waals surface area (Å²) in [5, 5.41) is 9.69. The molecule has 6 heteroatoms. The van der Waals surface area contributed by atoms with Crippen molar-refractivity contribution in [1.82, 2.24) is 4.98 Å². The fourth-order valence-corrected chi connectivity index (χ4v) is 3.14. The minimum Gasteiger partial charge on any atom is -0.392 e. The van der Waals surface area contributed by atoms with Gasteiger partial charge in [0.2, 0.25) is 0 Å². The Bertz CT molecular complexity index is 472. The first-order chi connectivity index (χ1) is 6.76. The van der Waals surface area contributed by atoms with E-state index in [1.807, 2.05) is 0 Å². The summed E-state index contributed by atoms with van der Waals surface area (Å²) in [5.41, 5.74) is 1.55. The van der Waals surface area contributed by atoms with Crippen LogP contribution in [0.1, 0.15) is 5.56 Å². The molecule has 0 unspecified atom stereocenters. The number of rotatable bonds is 2. The zero-order chi connectivity index (χ0) is 10.1. The number of fused-ring (bicyclic) bond motifs is 1. The smallest absolute Gasteiger partial charge is 0.166 e. The van der Waals surface area contributed by atoms with Crippen LogP contribution in [0.25, 0.3) is 10.2 Å². The van der Waals surface area contributed by atoms with E-state index in [4.69, 9.17) is 27.4 Å². The van der Waals surface area contributed by atoms with E-state index in [0.717, 1.165) is 25.6 Å². The molecule has 0 bridgehead atoms. The van der Waals surface area contributed by atoms with Gasteiger partial charge in [-0.2, -0.15) is 0 Å². The molecule has 14 heavy (non-hydrogen) atoms. The van der Waals surface area contributed by atoms with Gasteiger partial charge in [0.1, 0.15) is 5.52 Å². The highest BCUT2D eigenvalue weighted by Crippen LogP contribution is 2.36. The Labute approximate surface area is 98.4 Å². The zero-order valence-corrected chi connectivity index (χ0v) is 9.97. The number of thiazole rings is 1. The molecule has 2 nitrogen and oxygen atoms in total. The Morgan fingerprint density at radius 2 is 2.29 bits per heavy atom. The molecule has 0 saturated carbocycles. The van der Waals surface area contributed by atoms with Crippen molar-refractivity contribution in [2.45, 2.75) is 10.9 Å². The second-order valence-corrected chi connectivity index (χ2v) is 5.27. The average Bonchev–Trinajstić information content (AvgIpc) is 2.63. The third-order valence-corrected chi connectivity index (χ3v) is 4.46. The lowest BCUT2D eigenvalue weighted by Crippen LogP contribution is -1.82. The minimum absolute atomic E-state index is 0.0117. The Balaban J connectivity index is 2.74. The first-order valence-electron chi connectivity index (χ1n) is 3.73. The molecule has 1 aromatic heterocycles. The van der Waals surface area contributed by atoms with Crippen LogP contribution in [0.15, 0.2) is 16.5 Å². The topological polar surface area (TPSA) is 33.1 Å². The van der Waals surface area contributed by atoms with Crippen LogP contribution in [-0.4, -0.2) is 10.1 Å². The van der Waals surface area contributed by atoms with Crippen molar-refractivity contribution in [2.75, 3.05) is 0 Å². The van der Waals surface area contributed by atoms with E-state index in [0.29, 0.717) is 10.5 Å². The lowest BCUT2D eigenvalue weighted by atomic mass is 10.2. The van der Waals surface area contributed by atoms with Crippen molar-refractivity contribution in [3.8, 4) is 0 Å². The number of aromatic nitrogens is 1. The molecule has 1 heterocycles. The van der Waals surface area contributed by atoms with Crippen molar-refractivity contribution < 1.29 is 5.11 Å². The van der Waals surface area contributed by atoms with Crippen LogP contribution in [0.2, 0.25) is 5.02 Å². The molecule has 0 aliphatic heterocycles. The number of nitrogens with zero attached hydrogens (tertiary/aromatic N) is 1. The highest BCUT2D eigenvalue weighted by atomic mass is 35.7. The van der Waals surface area contributed by atoms with Gasteiger partial charge in [-0.1, -0.05) is 17.7 Å². The summed E-state index contributed by atoms with van der Waals surface area (Å²) in [7, 11) is 6.67. The predicted molar refractivity (Wildman–Crippen MR) is 62.3 cm³/mol. The summed E-state index contributed by atoms with van der Waals surface area (Å²) < 4.78 is 1.65. The van der Waals surface area contributed by atoms with Crippen molar-refractivity contribution in [2.24, 2.45) is 0 Å². The van der Waals surface area contributed by atoms with Crippen LogP contribution < -0.4 is 0 Å². The molecule has 0 aliphatic carbocycles. The second kappa shape index (κ2) is 4.24. The van der Waals surface area contributed by atoms with E-state index in [9.17, 15) is 0 Å². The molecule has 0 spiro atoms. The van der Waals surface area contributed by atoms with Gasteiger partial charge < -0.3 is 5.11 Å². The maximum atomic E-state index is 9.10. The summed E-state index contributed by atoms with van der Waals surface area (Å²) in [6.45, 7) is -0.0117. The van der Waals surface area contributed by atoms with Gasteiger partial charge in [0.15, 0.2) is 4.34 Å². The highest BCUT2D eigenvalue weighted by molar-refractivity contribution is 8.22. The molecule has 0 aliphatic rings. The number of hydrogen-bond acceptors (Lipinski definition) is 4. The summed E-state index contributed by atoms with van der Waals surface area (Å²) in [5.74, 6) is 0. The molecule has 0 radical (unpaired) electrons. The fraction of sp³-hybridized carbons (Fsp3) is 0.125. The van der Waals surface area contributed by atoms with Crippen molar-refractivity contribution in [3.63, 3.8) is 0 Å². The maximum Gasteiger partial charge on any atom is 0.166 e. The van der Waals surface area contributed by atoms with Gasteiger partial charge in [-0.15, -0.1) is 11.3 Å². The predicted octanol–water partition coefficient (Wildman–Crippen LogP) is 3.69. The third kappa shape index (κ3) is 1.73. The van der Waals surface area contributed by atoms with E-state index in [1.165, 1.54) is 11.3 Å². The number of hydrogen-bond donors (Lipinski definition) is 1. The largest absolute Gasteiger partial charge is 0.392 e. The molecule has 0 saturated heterocycles. The van der Waals surface area contributed by atoms with E-state index >= 15 is 0 Å². The van der Waals surface area contributed by atoms with Gasteiger partial charge in [0.05, 0.1) is 16.3 Å². The Hall–Kier alpha value is -0.000000000000000139. The monoisotopic (exact) mass is 265 g/mol. The van der Waals surface area contributed by atoms with Gasteiger partial charge in [-0.05, 0) is 22.3 Å². The third-order valence-electron chi connectivity index (χ3n) is 1.79. The van der Waals surface area contributed by atoms with Crippen LogP contribution >= 0.6 is 44.6 Å². The summed E-state index contributed by atoms with van der Waals surface area (Å²) in [4.78, 5) is 4.25. The summed E-state index contributed by atoms with van der Waals surface area (Å²) >= 11 is 7.40. The molecule has 1 N–H and O–H groups in total. The van der Waals surface area contributed by atoms with Crippen LogP contribution in [0.5, 0.6) is 0 Å². The Morgan fingerprint density at radius 3 is 2.93 bits per heavy atom. The van der Waals surface area contributed by atoms with Gasteiger partial charge in [0, 0.05) is 11.0 Å². The standard InChI is InChI=1S/C8H5Cl2NOS2/c9-5-2-1-4(3-12)7-6(5)11-8(13-7)14-10/h1-2,12H,3H2. The van der Waals surface area contributed by atoms with Gasteiger partial charge in [-0.25, -0.2) is 4.98 Å². The van der Waals surface area contributed by atoms with E-state index in [-0.39, 0.29) is 6.61 Å². The van der Waals surface area contributed by atoms with Crippen molar-refractivity contribution >= 4 is 54.8 Å². The molecular weight excluding hydrogens is 261 g/mol. The maximum absolute atomic E-state index is 9.10. The highest BCUT2D eigenvalue weighted by Gasteiger charge is 2.10. The molecule has 0 fully saturated rings. The molecular formula is C8H5Cl2NOS2. The second-order valence-electron chi connectivity index (χ2n) is 2.60. The number of aliphatic hydroxyl groups is 1. The molecule has 0 amide bonds. The lowest BCUT2D eigenvalue weighted by Gasteiger charge is -1.97. The normalized spacial score (nSPS) is 11.1. The van der Waals surface area contributed by atoms with E-state index in [2.05, 4.69) is 4.98 Å². The van der Waals surface area contributed by atoms with Crippen molar-refractivity contribution in [3.05, 3.63) is 22.7 Å².